The minimum Gasteiger partial charge on any atom is -0.300 e. The predicted molar refractivity (Wildman–Crippen MR) is 120 cm³/mol. The summed E-state index contributed by atoms with van der Waals surface area (Å²) >= 11 is 0. The molecule has 2 aromatic heterocycles. The van der Waals surface area contributed by atoms with Crippen molar-refractivity contribution >= 4 is 5.78 Å². The molecule has 0 saturated heterocycles. The van der Waals surface area contributed by atoms with Crippen LogP contribution in [0.5, 0.6) is 0 Å². The first-order valence-electron chi connectivity index (χ1n) is 10.4. The molecule has 2 aromatic rings. The van der Waals surface area contributed by atoms with Crippen molar-refractivity contribution in [3.05, 3.63) is 71.7 Å². The van der Waals surface area contributed by atoms with E-state index in [1.165, 1.54) is 11.1 Å². The van der Waals surface area contributed by atoms with Gasteiger partial charge in [0.25, 0.3) is 0 Å². The molecule has 3 rings (SSSR count). The number of aryl methyl sites for hydroxylation is 1. The van der Waals surface area contributed by atoms with E-state index in [1.54, 1.807) is 19.3 Å². The van der Waals surface area contributed by atoms with Crippen molar-refractivity contribution in [3.63, 3.8) is 0 Å². The molecule has 0 fully saturated rings. The lowest BCUT2D eigenvalue weighted by molar-refractivity contribution is -0.120. The van der Waals surface area contributed by atoms with Gasteiger partial charge in [0.15, 0.2) is 0 Å². The molecule has 1 aliphatic rings. The van der Waals surface area contributed by atoms with Crippen molar-refractivity contribution in [2.24, 2.45) is 11.8 Å². The Balaban J connectivity index is 0.000000218. The largest absolute Gasteiger partial charge is 0.300 e. The lowest BCUT2D eigenvalue weighted by Crippen LogP contribution is -2.12. The normalized spacial score (nSPS) is 18.0. The van der Waals surface area contributed by atoms with Crippen LogP contribution in [0.25, 0.3) is 11.3 Å². The van der Waals surface area contributed by atoms with E-state index in [0.717, 1.165) is 36.2 Å². The Kier molecular flexibility index (Phi) is 8.78. The van der Waals surface area contributed by atoms with Crippen LogP contribution in [0.2, 0.25) is 0 Å². The maximum atomic E-state index is 11.5. The van der Waals surface area contributed by atoms with Crippen molar-refractivity contribution in [2.45, 2.75) is 53.9 Å². The SMILES string of the molecule is C/C=C1\C=CC(CC(CCC)C(C)=O)=CC1C.Cc1cc(-c2ccncc2)n[nH]1. The Bertz CT molecular complexity index is 874. The molecule has 1 N–H and O–H groups in total. The summed E-state index contributed by atoms with van der Waals surface area (Å²) in [4.78, 5) is 15.5. The number of nitrogens with zero attached hydrogens (tertiary/aromatic N) is 2. The zero-order valence-corrected chi connectivity index (χ0v) is 18.3. The molecule has 0 amide bonds. The molecule has 2 heterocycles. The van der Waals surface area contributed by atoms with Gasteiger partial charge in [0.05, 0.1) is 5.69 Å². The molecular formula is C25H33N3O. The number of carbonyl (C=O) groups excluding carboxylic acids is 1. The van der Waals surface area contributed by atoms with Crippen molar-refractivity contribution in [3.8, 4) is 11.3 Å². The number of aromatic amines is 1. The highest BCUT2D eigenvalue weighted by atomic mass is 16.1. The van der Waals surface area contributed by atoms with Gasteiger partial charge in [-0.15, -0.1) is 0 Å². The summed E-state index contributed by atoms with van der Waals surface area (Å²) < 4.78 is 0. The van der Waals surface area contributed by atoms with E-state index in [2.05, 4.69) is 60.3 Å². The average Bonchev–Trinajstić information content (AvgIpc) is 3.15. The molecule has 0 aliphatic heterocycles. The second kappa shape index (κ2) is 11.3. The van der Waals surface area contributed by atoms with Crippen molar-refractivity contribution in [2.75, 3.05) is 0 Å². The van der Waals surface area contributed by atoms with Gasteiger partial charge < -0.3 is 0 Å². The molecule has 0 bridgehead atoms. The van der Waals surface area contributed by atoms with Gasteiger partial charge in [-0.05, 0) is 63.3 Å². The third-order valence-electron chi connectivity index (χ3n) is 5.19. The van der Waals surface area contributed by atoms with Crippen LogP contribution in [0.4, 0.5) is 0 Å². The monoisotopic (exact) mass is 391 g/mol. The lowest BCUT2D eigenvalue weighted by Gasteiger charge is -2.19. The Morgan fingerprint density at radius 3 is 2.52 bits per heavy atom. The molecule has 29 heavy (non-hydrogen) atoms. The Labute approximate surface area is 174 Å². The molecule has 0 radical (unpaired) electrons. The third-order valence-corrected chi connectivity index (χ3v) is 5.19. The van der Waals surface area contributed by atoms with Gasteiger partial charge >= 0.3 is 0 Å². The molecule has 1 aliphatic carbocycles. The minimum atomic E-state index is 0.204. The first kappa shape index (κ1) is 22.5. The molecule has 4 heteroatoms. The van der Waals surface area contributed by atoms with E-state index < -0.39 is 0 Å². The lowest BCUT2D eigenvalue weighted by atomic mass is 9.86. The van der Waals surface area contributed by atoms with Crippen LogP contribution in [0.15, 0.2) is 66.0 Å². The minimum absolute atomic E-state index is 0.204. The van der Waals surface area contributed by atoms with E-state index in [-0.39, 0.29) is 5.92 Å². The first-order valence-corrected chi connectivity index (χ1v) is 10.4. The molecule has 154 valence electrons. The van der Waals surface area contributed by atoms with E-state index >= 15 is 0 Å². The Morgan fingerprint density at radius 2 is 2.00 bits per heavy atom. The fourth-order valence-electron chi connectivity index (χ4n) is 3.49. The summed E-state index contributed by atoms with van der Waals surface area (Å²) in [7, 11) is 0. The number of allylic oxidation sites excluding steroid dienone is 6. The van der Waals surface area contributed by atoms with Crippen LogP contribution in [0.1, 0.15) is 52.7 Å². The smallest absolute Gasteiger partial charge is 0.133 e. The number of hydrogen-bond acceptors (Lipinski definition) is 3. The number of ketones is 1. The number of nitrogens with one attached hydrogen (secondary N) is 1. The van der Waals surface area contributed by atoms with Crippen LogP contribution in [0.3, 0.4) is 0 Å². The Hall–Kier alpha value is -2.75. The second-order valence-electron chi connectivity index (χ2n) is 7.62. The first-order chi connectivity index (χ1) is 13.9. The van der Waals surface area contributed by atoms with Crippen molar-refractivity contribution < 1.29 is 4.79 Å². The summed E-state index contributed by atoms with van der Waals surface area (Å²) in [5, 5.41) is 7.03. The maximum absolute atomic E-state index is 11.5. The van der Waals surface area contributed by atoms with Crippen molar-refractivity contribution in [1.82, 2.24) is 15.2 Å². The summed E-state index contributed by atoms with van der Waals surface area (Å²) in [6, 6.07) is 5.89. The van der Waals surface area contributed by atoms with E-state index in [1.807, 2.05) is 25.1 Å². The molecule has 0 saturated carbocycles. The summed E-state index contributed by atoms with van der Waals surface area (Å²) in [5.74, 6) is 1.01. The number of H-pyrrole nitrogens is 1. The zero-order valence-electron chi connectivity index (χ0n) is 18.3. The standard InChI is InChI=1S/C16H24O.C9H9N3/c1-5-7-16(13(4)17)11-14-8-9-15(6-2)12(3)10-14;1-7-6-9(12-11-7)8-2-4-10-5-3-8/h6,8-10,12,16H,5,7,11H2,1-4H3;2-6H,1H3,(H,11,12)/b15-6+;. The van der Waals surface area contributed by atoms with Crippen LogP contribution in [-0.4, -0.2) is 21.0 Å². The molecule has 0 spiro atoms. The number of rotatable bonds is 6. The molecule has 2 atom stereocenters. The van der Waals surface area contributed by atoms with E-state index in [4.69, 9.17) is 0 Å². The van der Waals surface area contributed by atoms with Crippen molar-refractivity contribution in [1.29, 1.82) is 0 Å². The van der Waals surface area contributed by atoms with Gasteiger partial charge in [0.1, 0.15) is 5.78 Å². The highest BCUT2D eigenvalue weighted by molar-refractivity contribution is 5.78. The topological polar surface area (TPSA) is 58.6 Å². The second-order valence-corrected chi connectivity index (χ2v) is 7.62. The van der Waals surface area contributed by atoms with Gasteiger partial charge in [-0.3, -0.25) is 14.9 Å². The maximum Gasteiger partial charge on any atom is 0.133 e. The predicted octanol–water partition coefficient (Wildman–Crippen LogP) is 6.24. The fraction of sp³-hybridized carbons (Fsp3) is 0.400. The van der Waals surface area contributed by atoms with Gasteiger partial charge in [-0.1, -0.05) is 50.1 Å². The van der Waals surface area contributed by atoms with Gasteiger partial charge in [0.2, 0.25) is 0 Å². The van der Waals surface area contributed by atoms with Gasteiger partial charge in [-0.25, -0.2) is 0 Å². The number of aromatic nitrogens is 3. The number of carbonyl (C=O) groups is 1. The molecular weight excluding hydrogens is 358 g/mol. The highest BCUT2D eigenvalue weighted by Gasteiger charge is 2.17. The fourth-order valence-corrected chi connectivity index (χ4v) is 3.49. The van der Waals surface area contributed by atoms with Crippen LogP contribution in [-0.2, 0) is 4.79 Å². The van der Waals surface area contributed by atoms with Crippen LogP contribution >= 0.6 is 0 Å². The molecule has 4 nitrogen and oxygen atoms in total. The average molecular weight is 392 g/mol. The summed E-state index contributed by atoms with van der Waals surface area (Å²) in [6.07, 6.45) is 15.3. The number of Topliss-reactive ketones (excluding diaryl/α,β-unsaturated/α-hetero) is 1. The Morgan fingerprint density at radius 1 is 1.28 bits per heavy atom. The quantitative estimate of drug-likeness (QED) is 0.634. The number of pyridine rings is 1. The van der Waals surface area contributed by atoms with E-state index in [9.17, 15) is 4.79 Å². The summed E-state index contributed by atoms with van der Waals surface area (Å²) in [6.45, 7) is 10.1. The van der Waals surface area contributed by atoms with Crippen LogP contribution < -0.4 is 0 Å². The zero-order chi connectivity index (χ0) is 21.2. The highest BCUT2D eigenvalue weighted by Crippen LogP contribution is 2.27. The van der Waals surface area contributed by atoms with Gasteiger partial charge in [-0.2, -0.15) is 5.10 Å². The number of hydrogen-bond donors (Lipinski definition) is 1. The third kappa shape index (κ3) is 6.97. The van der Waals surface area contributed by atoms with Crippen LogP contribution in [0, 0.1) is 18.8 Å². The molecule has 2 unspecified atom stereocenters. The molecule has 0 aromatic carbocycles. The van der Waals surface area contributed by atoms with E-state index in [0.29, 0.717) is 11.7 Å². The summed E-state index contributed by atoms with van der Waals surface area (Å²) in [5.41, 5.74) is 5.81. The van der Waals surface area contributed by atoms with Gasteiger partial charge in [0, 0.05) is 29.6 Å².